The molecule has 0 radical (unpaired) electrons. The number of pyridine rings is 1. The summed E-state index contributed by atoms with van der Waals surface area (Å²) in [6, 6.07) is 3.26. The summed E-state index contributed by atoms with van der Waals surface area (Å²) in [4.78, 5) is 5.31. The van der Waals surface area contributed by atoms with E-state index in [4.69, 9.17) is 0 Å². The second-order valence-electron chi connectivity index (χ2n) is 3.51. The van der Waals surface area contributed by atoms with E-state index in [1.807, 2.05) is 0 Å². The van der Waals surface area contributed by atoms with E-state index in [0.717, 1.165) is 0 Å². The molecule has 0 spiro atoms. The van der Waals surface area contributed by atoms with Gasteiger partial charge in [0.25, 0.3) is 0 Å². The fraction of sp³-hybridized carbons (Fsp3) is 0.182. The minimum atomic E-state index is -0.843. The van der Waals surface area contributed by atoms with E-state index >= 15 is 0 Å². The summed E-state index contributed by atoms with van der Waals surface area (Å²) in [6.45, 7) is 0. The Morgan fingerprint density at radius 2 is 1.93 bits per heavy atom. The summed E-state index contributed by atoms with van der Waals surface area (Å²) in [7, 11) is 3.34. The van der Waals surface area contributed by atoms with E-state index in [-0.39, 0.29) is 11.1 Å². The molecule has 78 valence electrons. The maximum Gasteiger partial charge on any atom is 0.182 e. The van der Waals surface area contributed by atoms with Gasteiger partial charge < -0.3 is 4.90 Å². The van der Waals surface area contributed by atoms with Crippen molar-refractivity contribution < 1.29 is 8.78 Å². The zero-order chi connectivity index (χ0) is 11.0. The third-order valence-electron chi connectivity index (χ3n) is 2.28. The Kier molecular flexibility index (Phi) is 2.26. The number of fused-ring (bicyclic) bond motifs is 1. The van der Waals surface area contributed by atoms with Crippen LogP contribution in [0, 0.1) is 11.6 Å². The van der Waals surface area contributed by atoms with E-state index in [9.17, 15) is 8.78 Å². The molecule has 0 aliphatic heterocycles. The van der Waals surface area contributed by atoms with E-state index in [1.54, 1.807) is 32.4 Å². The molecular formula is C11H10F2N2. The summed E-state index contributed by atoms with van der Waals surface area (Å²) >= 11 is 0. The first kappa shape index (κ1) is 9.83. The normalized spacial score (nSPS) is 10.7. The molecule has 0 fully saturated rings. The average molecular weight is 208 g/mol. The van der Waals surface area contributed by atoms with Crippen LogP contribution >= 0.6 is 0 Å². The molecule has 1 heterocycles. The van der Waals surface area contributed by atoms with Crippen LogP contribution in [0.25, 0.3) is 10.8 Å². The summed E-state index contributed by atoms with van der Waals surface area (Å²) in [5.41, 5.74) is 0.242. The Labute approximate surface area is 86.2 Å². The molecule has 2 rings (SSSR count). The van der Waals surface area contributed by atoms with Crippen molar-refractivity contribution in [3.8, 4) is 0 Å². The smallest absolute Gasteiger partial charge is 0.182 e. The third-order valence-corrected chi connectivity index (χ3v) is 2.28. The van der Waals surface area contributed by atoms with Gasteiger partial charge in [-0.05, 0) is 17.5 Å². The number of benzene rings is 1. The van der Waals surface area contributed by atoms with Crippen molar-refractivity contribution in [1.29, 1.82) is 0 Å². The van der Waals surface area contributed by atoms with Crippen LogP contribution < -0.4 is 4.90 Å². The molecule has 1 aromatic carbocycles. The van der Waals surface area contributed by atoms with Gasteiger partial charge in [-0.1, -0.05) is 0 Å². The second-order valence-corrected chi connectivity index (χ2v) is 3.51. The maximum absolute atomic E-state index is 13.6. The van der Waals surface area contributed by atoms with E-state index in [1.165, 1.54) is 11.1 Å². The van der Waals surface area contributed by atoms with Crippen LogP contribution in [-0.4, -0.2) is 19.1 Å². The van der Waals surface area contributed by atoms with Gasteiger partial charge in [-0.25, -0.2) is 8.78 Å². The van der Waals surface area contributed by atoms with Gasteiger partial charge in [0.05, 0.1) is 5.69 Å². The Hall–Kier alpha value is -1.71. The Morgan fingerprint density at radius 1 is 1.20 bits per heavy atom. The van der Waals surface area contributed by atoms with Crippen molar-refractivity contribution in [3.05, 3.63) is 36.2 Å². The molecule has 0 saturated heterocycles. The zero-order valence-electron chi connectivity index (χ0n) is 8.46. The largest absolute Gasteiger partial charge is 0.375 e. The van der Waals surface area contributed by atoms with Crippen molar-refractivity contribution in [3.63, 3.8) is 0 Å². The van der Waals surface area contributed by atoms with Crippen LogP contribution in [0.15, 0.2) is 24.5 Å². The minimum Gasteiger partial charge on any atom is -0.375 e. The molecule has 1 aromatic heterocycles. The number of hydrogen-bond acceptors (Lipinski definition) is 2. The SMILES string of the molecule is CN(C)c1cc2ccncc2c(F)c1F. The van der Waals surface area contributed by atoms with E-state index < -0.39 is 11.6 Å². The molecule has 2 nitrogen and oxygen atoms in total. The number of anilines is 1. The van der Waals surface area contributed by atoms with Gasteiger partial charge >= 0.3 is 0 Å². The van der Waals surface area contributed by atoms with Gasteiger partial charge in [0.1, 0.15) is 0 Å². The molecule has 0 unspecified atom stereocenters. The number of nitrogens with zero attached hydrogens (tertiary/aromatic N) is 2. The van der Waals surface area contributed by atoms with Crippen LogP contribution in [0.3, 0.4) is 0 Å². The van der Waals surface area contributed by atoms with Crippen molar-refractivity contribution in [2.24, 2.45) is 0 Å². The van der Waals surface area contributed by atoms with Crippen LogP contribution in [0.4, 0.5) is 14.5 Å². The van der Waals surface area contributed by atoms with Crippen molar-refractivity contribution >= 4 is 16.5 Å². The lowest BCUT2D eigenvalue weighted by Gasteiger charge is -2.14. The lowest BCUT2D eigenvalue weighted by Crippen LogP contribution is -2.11. The molecular weight excluding hydrogens is 198 g/mol. The van der Waals surface area contributed by atoms with Crippen LogP contribution in [-0.2, 0) is 0 Å². The van der Waals surface area contributed by atoms with Gasteiger partial charge in [0.15, 0.2) is 11.6 Å². The molecule has 15 heavy (non-hydrogen) atoms. The molecule has 4 heteroatoms. The first-order valence-corrected chi connectivity index (χ1v) is 4.50. The lowest BCUT2D eigenvalue weighted by atomic mass is 10.1. The highest BCUT2D eigenvalue weighted by Crippen LogP contribution is 2.27. The molecule has 0 aliphatic rings. The fourth-order valence-electron chi connectivity index (χ4n) is 1.48. The minimum absolute atomic E-state index is 0.209. The van der Waals surface area contributed by atoms with Gasteiger partial charge in [-0.2, -0.15) is 0 Å². The van der Waals surface area contributed by atoms with Gasteiger partial charge in [-0.3, -0.25) is 4.98 Å². The standard InChI is InChI=1S/C11H10F2N2/c1-15(2)9-5-7-3-4-14-6-8(7)10(12)11(9)13/h3-6H,1-2H3. The van der Waals surface area contributed by atoms with E-state index in [0.29, 0.717) is 5.39 Å². The molecule has 0 bridgehead atoms. The van der Waals surface area contributed by atoms with Crippen molar-refractivity contribution in [2.45, 2.75) is 0 Å². The van der Waals surface area contributed by atoms with Gasteiger partial charge in [-0.15, -0.1) is 0 Å². The second kappa shape index (κ2) is 3.46. The summed E-state index contributed by atoms with van der Waals surface area (Å²) in [6.07, 6.45) is 2.88. The maximum atomic E-state index is 13.6. The molecule has 0 N–H and O–H groups in total. The average Bonchev–Trinajstić information content (AvgIpc) is 2.23. The number of halogens is 2. The predicted octanol–water partition coefficient (Wildman–Crippen LogP) is 2.58. The number of hydrogen-bond donors (Lipinski definition) is 0. The quantitative estimate of drug-likeness (QED) is 0.716. The predicted molar refractivity (Wildman–Crippen MR) is 56.0 cm³/mol. The van der Waals surface area contributed by atoms with Gasteiger partial charge in [0, 0.05) is 31.9 Å². The molecule has 2 aromatic rings. The van der Waals surface area contributed by atoms with Crippen LogP contribution in [0.5, 0.6) is 0 Å². The van der Waals surface area contributed by atoms with Crippen LogP contribution in [0.2, 0.25) is 0 Å². The molecule has 0 atom stereocenters. The summed E-state index contributed by atoms with van der Waals surface area (Å²) in [5.74, 6) is -1.68. The molecule has 0 aliphatic carbocycles. The monoisotopic (exact) mass is 208 g/mol. The van der Waals surface area contributed by atoms with E-state index in [2.05, 4.69) is 4.98 Å². The van der Waals surface area contributed by atoms with Gasteiger partial charge in [0.2, 0.25) is 0 Å². The highest BCUT2D eigenvalue weighted by atomic mass is 19.2. The number of rotatable bonds is 1. The summed E-state index contributed by atoms with van der Waals surface area (Å²) < 4.78 is 27.1. The zero-order valence-corrected chi connectivity index (χ0v) is 8.46. The molecule has 0 amide bonds. The van der Waals surface area contributed by atoms with Crippen LogP contribution in [0.1, 0.15) is 0 Å². The fourth-order valence-corrected chi connectivity index (χ4v) is 1.48. The highest BCUT2D eigenvalue weighted by Gasteiger charge is 2.14. The third kappa shape index (κ3) is 1.52. The first-order valence-electron chi connectivity index (χ1n) is 4.50. The Bertz CT molecular complexity index is 509. The summed E-state index contributed by atoms with van der Waals surface area (Å²) in [5, 5.41) is 0.855. The van der Waals surface area contributed by atoms with Crippen molar-refractivity contribution in [1.82, 2.24) is 4.98 Å². The first-order chi connectivity index (χ1) is 7.11. The molecule has 0 saturated carbocycles. The number of aromatic nitrogens is 1. The lowest BCUT2D eigenvalue weighted by molar-refractivity contribution is 0.517. The highest BCUT2D eigenvalue weighted by molar-refractivity contribution is 5.85. The Morgan fingerprint density at radius 3 is 2.60 bits per heavy atom. The van der Waals surface area contributed by atoms with Crippen molar-refractivity contribution in [2.75, 3.05) is 19.0 Å². The Balaban J connectivity index is 2.82. The topological polar surface area (TPSA) is 16.1 Å².